The normalized spacial score (nSPS) is 15.8. The minimum absolute atomic E-state index is 0.130. The number of benzene rings is 2. The fourth-order valence-electron chi connectivity index (χ4n) is 3.23. The van der Waals surface area contributed by atoms with E-state index in [1.54, 1.807) is 26.4 Å². The van der Waals surface area contributed by atoms with E-state index in [4.69, 9.17) is 14.6 Å². The van der Waals surface area contributed by atoms with Crippen LogP contribution >= 0.6 is 15.9 Å². The molecule has 2 aromatic rings. The zero-order valence-corrected chi connectivity index (χ0v) is 17.7. The van der Waals surface area contributed by atoms with Gasteiger partial charge in [-0.2, -0.15) is 5.10 Å². The number of nitrogens with zero attached hydrogens (tertiary/aromatic N) is 2. The quantitative estimate of drug-likeness (QED) is 0.673. The van der Waals surface area contributed by atoms with Crippen LogP contribution in [0.25, 0.3) is 0 Å². The first-order chi connectivity index (χ1) is 13.9. The van der Waals surface area contributed by atoms with Gasteiger partial charge in [-0.15, -0.1) is 0 Å². The molecule has 0 unspecified atom stereocenters. The SMILES string of the molecule is COc1ccc(OC)c([C@@H]2CC(c3ccc(Br)cc3)=NN2C(=O)CCC(=O)O)c1. The van der Waals surface area contributed by atoms with E-state index in [1.807, 2.05) is 30.3 Å². The second-order valence-corrected chi connectivity index (χ2v) is 7.43. The van der Waals surface area contributed by atoms with Crippen molar-refractivity contribution in [2.24, 2.45) is 5.10 Å². The molecule has 0 aliphatic carbocycles. The van der Waals surface area contributed by atoms with E-state index in [0.29, 0.717) is 17.9 Å². The molecule has 1 aliphatic heterocycles. The molecule has 0 fully saturated rings. The third kappa shape index (κ3) is 4.76. The first-order valence-electron chi connectivity index (χ1n) is 9.02. The molecule has 0 bridgehead atoms. The van der Waals surface area contributed by atoms with E-state index in [9.17, 15) is 9.59 Å². The molecule has 1 amide bonds. The number of hydrogen-bond donors (Lipinski definition) is 1. The van der Waals surface area contributed by atoms with Gasteiger partial charge in [0, 0.05) is 22.9 Å². The van der Waals surface area contributed by atoms with Gasteiger partial charge < -0.3 is 14.6 Å². The average molecular weight is 461 g/mol. The fourth-order valence-corrected chi connectivity index (χ4v) is 3.49. The van der Waals surface area contributed by atoms with Crippen molar-refractivity contribution in [2.45, 2.75) is 25.3 Å². The van der Waals surface area contributed by atoms with Crippen LogP contribution in [0.3, 0.4) is 0 Å². The first kappa shape index (κ1) is 20.9. The maximum Gasteiger partial charge on any atom is 0.303 e. The molecule has 0 saturated heterocycles. The van der Waals surface area contributed by atoms with E-state index < -0.39 is 12.0 Å². The van der Waals surface area contributed by atoms with Gasteiger partial charge in [-0.05, 0) is 35.9 Å². The van der Waals surface area contributed by atoms with Crippen molar-refractivity contribution in [2.75, 3.05) is 14.2 Å². The van der Waals surface area contributed by atoms with Crippen LogP contribution in [-0.2, 0) is 9.59 Å². The Morgan fingerprint density at radius 2 is 1.86 bits per heavy atom. The lowest BCUT2D eigenvalue weighted by molar-refractivity contribution is -0.141. The Morgan fingerprint density at radius 3 is 2.48 bits per heavy atom. The predicted molar refractivity (Wildman–Crippen MR) is 111 cm³/mol. The van der Waals surface area contributed by atoms with Gasteiger partial charge in [-0.3, -0.25) is 9.59 Å². The molecule has 0 spiro atoms. The number of hydrogen-bond acceptors (Lipinski definition) is 5. The van der Waals surface area contributed by atoms with Crippen LogP contribution in [-0.4, -0.2) is 41.9 Å². The van der Waals surface area contributed by atoms with E-state index in [-0.39, 0.29) is 18.7 Å². The molecule has 1 atom stereocenters. The highest BCUT2D eigenvalue weighted by Crippen LogP contribution is 2.39. The Morgan fingerprint density at radius 1 is 1.14 bits per heavy atom. The lowest BCUT2D eigenvalue weighted by Crippen LogP contribution is -2.27. The minimum atomic E-state index is -1.02. The van der Waals surface area contributed by atoms with Crippen molar-refractivity contribution in [3.8, 4) is 11.5 Å². The summed E-state index contributed by atoms with van der Waals surface area (Å²) >= 11 is 3.42. The van der Waals surface area contributed by atoms with Crippen LogP contribution in [0.15, 0.2) is 52.0 Å². The molecule has 29 heavy (non-hydrogen) atoms. The first-order valence-corrected chi connectivity index (χ1v) is 9.81. The van der Waals surface area contributed by atoms with Crippen molar-refractivity contribution in [3.63, 3.8) is 0 Å². The van der Waals surface area contributed by atoms with Gasteiger partial charge in [-0.1, -0.05) is 28.1 Å². The van der Waals surface area contributed by atoms with Gasteiger partial charge in [-0.25, -0.2) is 5.01 Å². The number of methoxy groups -OCH3 is 2. The Hall–Kier alpha value is -2.87. The number of carbonyl (C=O) groups excluding carboxylic acids is 1. The number of hydrazone groups is 1. The Labute approximate surface area is 177 Å². The predicted octanol–water partition coefficient (Wildman–Crippen LogP) is 4.01. The van der Waals surface area contributed by atoms with Gasteiger partial charge in [0.2, 0.25) is 5.91 Å². The van der Waals surface area contributed by atoms with Gasteiger partial charge >= 0.3 is 5.97 Å². The summed E-state index contributed by atoms with van der Waals surface area (Å²) in [6.07, 6.45) is 0.0969. The fraction of sp³-hybridized carbons (Fsp3) is 0.286. The van der Waals surface area contributed by atoms with Crippen molar-refractivity contribution >= 4 is 33.5 Å². The molecule has 7 nitrogen and oxygen atoms in total. The van der Waals surface area contributed by atoms with Crippen molar-refractivity contribution in [1.29, 1.82) is 0 Å². The van der Waals surface area contributed by atoms with E-state index in [2.05, 4.69) is 21.0 Å². The Bertz CT molecular complexity index is 943. The molecular weight excluding hydrogens is 440 g/mol. The molecule has 1 aliphatic rings. The van der Waals surface area contributed by atoms with Crippen LogP contribution in [0.5, 0.6) is 11.5 Å². The molecule has 2 aromatic carbocycles. The lowest BCUT2D eigenvalue weighted by atomic mass is 9.97. The number of carboxylic acids is 1. The summed E-state index contributed by atoms with van der Waals surface area (Å²) in [5.74, 6) is -0.130. The number of carboxylic acid groups (broad SMARTS) is 1. The van der Waals surface area contributed by atoms with Crippen LogP contribution in [0.1, 0.15) is 36.4 Å². The smallest absolute Gasteiger partial charge is 0.303 e. The van der Waals surface area contributed by atoms with Crippen LogP contribution in [0.4, 0.5) is 0 Å². The van der Waals surface area contributed by atoms with Gasteiger partial charge in [0.1, 0.15) is 11.5 Å². The van der Waals surface area contributed by atoms with Crippen LogP contribution in [0, 0.1) is 0 Å². The largest absolute Gasteiger partial charge is 0.497 e. The summed E-state index contributed by atoms with van der Waals surface area (Å²) in [6.45, 7) is 0. The number of amides is 1. The molecule has 1 heterocycles. The Balaban J connectivity index is 1.99. The van der Waals surface area contributed by atoms with Gasteiger partial charge in [0.25, 0.3) is 0 Å². The third-order valence-corrected chi connectivity index (χ3v) is 5.22. The van der Waals surface area contributed by atoms with E-state index >= 15 is 0 Å². The zero-order valence-electron chi connectivity index (χ0n) is 16.1. The summed E-state index contributed by atoms with van der Waals surface area (Å²) in [6, 6.07) is 12.6. The van der Waals surface area contributed by atoms with Crippen LogP contribution in [0.2, 0.25) is 0 Å². The maximum absolute atomic E-state index is 12.8. The summed E-state index contributed by atoms with van der Waals surface area (Å²) in [7, 11) is 3.13. The van der Waals surface area contributed by atoms with E-state index in [0.717, 1.165) is 21.3 Å². The summed E-state index contributed by atoms with van der Waals surface area (Å²) in [5, 5.41) is 14.9. The Kier molecular flexibility index (Phi) is 6.53. The molecule has 0 saturated carbocycles. The summed E-state index contributed by atoms with van der Waals surface area (Å²) in [4.78, 5) is 23.7. The van der Waals surface area contributed by atoms with E-state index in [1.165, 1.54) is 5.01 Å². The second kappa shape index (κ2) is 9.09. The van der Waals surface area contributed by atoms with Crippen LogP contribution < -0.4 is 9.47 Å². The minimum Gasteiger partial charge on any atom is -0.497 e. The highest BCUT2D eigenvalue weighted by Gasteiger charge is 2.35. The second-order valence-electron chi connectivity index (χ2n) is 6.51. The maximum atomic E-state index is 12.8. The summed E-state index contributed by atoms with van der Waals surface area (Å²) in [5.41, 5.74) is 2.40. The molecule has 0 aromatic heterocycles. The molecule has 3 rings (SSSR count). The van der Waals surface area contributed by atoms with Gasteiger partial charge in [0.05, 0.1) is 32.4 Å². The standard InChI is InChI=1S/C21H21BrN2O5/c1-28-15-7-8-19(29-2)16(11-15)18-12-17(13-3-5-14(22)6-4-13)23-24(18)20(25)9-10-21(26)27/h3-8,11,18H,9-10,12H2,1-2H3,(H,26,27)/t18-/m0/s1. The monoisotopic (exact) mass is 460 g/mol. The molecule has 152 valence electrons. The molecule has 1 N–H and O–H groups in total. The zero-order chi connectivity index (χ0) is 21.0. The molecule has 0 radical (unpaired) electrons. The highest BCUT2D eigenvalue weighted by molar-refractivity contribution is 9.10. The molecular formula is C21H21BrN2O5. The highest BCUT2D eigenvalue weighted by atomic mass is 79.9. The lowest BCUT2D eigenvalue weighted by Gasteiger charge is -2.24. The topological polar surface area (TPSA) is 88.4 Å². The summed E-state index contributed by atoms with van der Waals surface area (Å²) < 4.78 is 11.8. The van der Waals surface area contributed by atoms with Crippen molar-refractivity contribution < 1.29 is 24.2 Å². The number of ether oxygens (including phenoxy) is 2. The number of aliphatic carboxylic acids is 1. The van der Waals surface area contributed by atoms with Crippen molar-refractivity contribution in [1.82, 2.24) is 5.01 Å². The van der Waals surface area contributed by atoms with Crippen molar-refractivity contribution in [3.05, 3.63) is 58.1 Å². The molecule has 8 heteroatoms. The average Bonchev–Trinajstić information content (AvgIpc) is 3.17. The third-order valence-electron chi connectivity index (χ3n) is 4.69. The number of halogens is 1. The number of rotatable bonds is 7. The number of carbonyl (C=O) groups is 2. The van der Waals surface area contributed by atoms with Gasteiger partial charge in [0.15, 0.2) is 0 Å².